The highest BCUT2D eigenvalue weighted by molar-refractivity contribution is 5.60. The topological polar surface area (TPSA) is 72.4 Å². The summed E-state index contributed by atoms with van der Waals surface area (Å²) < 4.78 is 0. The number of anilines is 2. The molecule has 0 aliphatic heterocycles. The van der Waals surface area contributed by atoms with E-state index < -0.39 is 4.92 Å². The van der Waals surface area contributed by atoms with Crippen LogP contribution >= 0.6 is 0 Å². The SMILES string of the molecule is CCN(Cc1ccc([N+](=O)[O-])c(N)c1)c1ccccc1C. The summed E-state index contributed by atoms with van der Waals surface area (Å²) in [5.41, 5.74) is 9.24. The summed E-state index contributed by atoms with van der Waals surface area (Å²) in [4.78, 5) is 12.6. The highest BCUT2D eigenvalue weighted by atomic mass is 16.6. The van der Waals surface area contributed by atoms with Gasteiger partial charge in [0.15, 0.2) is 0 Å². The molecule has 5 heteroatoms. The molecule has 0 bridgehead atoms. The van der Waals surface area contributed by atoms with Crippen LogP contribution in [0.1, 0.15) is 18.1 Å². The molecule has 2 rings (SSSR count). The molecule has 0 unspecified atom stereocenters. The van der Waals surface area contributed by atoms with Gasteiger partial charge in [-0.3, -0.25) is 10.1 Å². The minimum absolute atomic E-state index is 0.0438. The number of nitrogens with zero attached hydrogens (tertiary/aromatic N) is 2. The van der Waals surface area contributed by atoms with Gasteiger partial charge in [-0.1, -0.05) is 24.3 Å². The second-order valence-corrected chi connectivity index (χ2v) is 4.95. The van der Waals surface area contributed by atoms with Gasteiger partial charge in [0, 0.05) is 24.8 Å². The summed E-state index contributed by atoms with van der Waals surface area (Å²) in [5.74, 6) is 0. The molecule has 0 amide bonds. The smallest absolute Gasteiger partial charge is 0.292 e. The monoisotopic (exact) mass is 285 g/mol. The van der Waals surface area contributed by atoms with Crippen molar-refractivity contribution in [1.82, 2.24) is 0 Å². The molecular formula is C16H19N3O2. The lowest BCUT2D eigenvalue weighted by Crippen LogP contribution is -2.22. The molecule has 5 nitrogen and oxygen atoms in total. The molecule has 0 radical (unpaired) electrons. The van der Waals surface area contributed by atoms with Crippen molar-refractivity contribution in [3.63, 3.8) is 0 Å². The third kappa shape index (κ3) is 3.31. The molecule has 2 aromatic rings. The summed E-state index contributed by atoms with van der Waals surface area (Å²) in [6, 6.07) is 13.1. The van der Waals surface area contributed by atoms with Crippen molar-refractivity contribution >= 4 is 17.1 Å². The summed E-state index contributed by atoms with van der Waals surface area (Å²) in [6.07, 6.45) is 0. The largest absolute Gasteiger partial charge is 0.393 e. The number of nitro groups is 1. The molecule has 0 fully saturated rings. The third-order valence-electron chi connectivity index (χ3n) is 3.50. The van der Waals surface area contributed by atoms with Crippen LogP contribution in [0.5, 0.6) is 0 Å². The zero-order chi connectivity index (χ0) is 15.4. The fourth-order valence-corrected chi connectivity index (χ4v) is 2.37. The first kappa shape index (κ1) is 14.8. The van der Waals surface area contributed by atoms with Crippen LogP contribution < -0.4 is 10.6 Å². The molecule has 110 valence electrons. The maximum absolute atomic E-state index is 10.8. The first-order valence-corrected chi connectivity index (χ1v) is 6.86. The van der Waals surface area contributed by atoms with Gasteiger partial charge >= 0.3 is 0 Å². The van der Waals surface area contributed by atoms with E-state index in [0.29, 0.717) is 6.54 Å². The van der Waals surface area contributed by atoms with Gasteiger partial charge in [0.2, 0.25) is 0 Å². The van der Waals surface area contributed by atoms with E-state index in [9.17, 15) is 10.1 Å². The van der Waals surface area contributed by atoms with E-state index in [1.54, 1.807) is 12.1 Å². The van der Waals surface area contributed by atoms with E-state index in [0.717, 1.165) is 17.8 Å². The van der Waals surface area contributed by atoms with Gasteiger partial charge in [0.05, 0.1) is 4.92 Å². The Hall–Kier alpha value is -2.56. The molecule has 0 atom stereocenters. The number of nitrogen functional groups attached to an aromatic ring is 1. The molecule has 0 spiro atoms. The zero-order valence-corrected chi connectivity index (χ0v) is 12.2. The summed E-state index contributed by atoms with van der Waals surface area (Å²) in [7, 11) is 0. The Morgan fingerprint density at radius 3 is 2.52 bits per heavy atom. The highest BCUT2D eigenvalue weighted by Gasteiger charge is 2.13. The normalized spacial score (nSPS) is 10.4. The molecule has 0 heterocycles. The molecule has 0 aromatic heterocycles. The van der Waals surface area contributed by atoms with E-state index in [2.05, 4.69) is 30.9 Å². The molecule has 0 aliphatic carbocycles. The number of nitrogens with two attached hydrogens (primary N) is 1. The fourth-order valence-electron chi connectivity index (χ4n) is 2.37. The van der Waals surface area contributed by atoms with Gasteiger partial charge in [0.1, 0.15) is 5.69 Å². The van der Waals surface area contributed by atoms with Crippen molar-refractivity contribution in [2.75, 3.05) is 17.2 Å². The predicted molar refractivity (Wildman–Crippen MR) is 85.4 cm³/mol. The van der Waals surface area contributed by atoms with Crippen LogP contribution in [0, 0.1) is 17.0 Å². The van der Waals surface area contributed by atoms with Crippen LogP contribution in [0.25, 0.3) is 0 Å². The van der Waals surface area contributed by atoms with Crippen LogP contribution in [0.15, 0.2) is 42.5 Å². The molecule has 2 aromatic carbocycles. The van der Waals surface area contributed by atoms with Crippen molar-refractivity contribution in [1.29, 1.82) is 0 Å². The van der Waals surface area contributed by atoms with Crippen LogP contribution in [0.2, 0.25) is 0 Å². The number of rotatable bonds is 5. The van der Waals surface area contributed by atoms with E-state index in [-0.39, 0.29) is 11.4 Å². The van der Waals surface area contributed by atoms with Gasteiger partial charge in [-0.15, -0.1) is 0 Å². The van der Waals surface area contributed by atoms with Crippen molar-refractivity contribution in [2.45, 2.75) is 20.4 Å². The Labute approximate surface area is 124 Å². The van der Waals surface area contributed by atoms with Gasteiger partial charge in [-0.2, -0.15) is 0 Å². The van der Waals surface area contributed by atoms with E-state index in [1.165, 1.54) is 11.6 Å². The van der Waals surface area contributed by atoms with E-state index in [4.69, 9.17) is 5.73 Å². The number of benzene rings is 2. The third-order valence-corrected chi connectivity index (χ3v) is 3.50. The number of hydrogen-bond donors (Lipinski definition) is 1. The average Bonchev–Trinajstić information content (AvgIpc) is 2.45. The fraction of sp³-hybridized carbons (Fsp3) is 0.250. The van der Waals surface area contributed by atoms with E-state index >= 15 is 0 Å². The summed E-state index contributed by atoms with van der Waals surface area (Å²) in [6.45, 7) is 5.68. The number of aryl methyl sites for hydroxylation is 1. The lowest BCUT2D eigenvalue weighted by atomic mass is 10.1. The van der Waals surface area contributed by atoms with E-state index in [1.807, 2.05) is 12.1 Å². The second kappa shape index (κ2) is 6.26. The van der Waals surface area contributed by atoms with Gasteiger partial charge in [0.25, 0.3) is 5.69 Å². The number of nitro benzene ring substituents is 1. The molecular weight excluding hydrogens is 266 g/mol. The highest BCUT2D eigenvalue weighted by Crippen LogP contribution is 2.25. The molecule has 0 aliphatic rings. The first-order chi connectivity index (χ1) is 10.0. The Morgan fingerprint density at radius 1 is 1.24 bits per heavy atom. The van der Waals surface area contributed by atoms with Crippen molar-refractivity contribution in [2.24, 2.45) is 0 Å². The molecule has 0 saturated carbocycles. The van der Waals surface area contributed by atoms with Crippen LogP contribution in [-0.4, -0.2) is 11.5 Å². The standard InChI is InChI=1S/C16H19N3O2/c1-3-18(15-7-5-4-6-12(15)2)11-13-8-9-16(19(20)21)14(17)10-13/h4-10H,3,11,17H2,1-2H3. The maximum atomic E-state index is 10.8. The quantitative estimate of drug-likeness (QED) is 0.518. The minimum atomic E-state index is -0.460. The Morgan fingerprint density at radius 2 is 1.95 bits per heavy atom. The Bertz CT molecular complexity index is 656. The number of hydrogen-bond acceptors (Lipinski definition) is 4. The van der Waals surface area contributed by atoms with Crippen molar-refractivity contribution < 1.29 is 4.92 Å². The maximum Gasteiger partial charge on any atom is 0.292 e. The van der Waals surface area contributed by atoms with Crippen LogP contribution in [0.4, 0.5) is 17.1 Å². The molecule has 2 N–H and O–H groups in total. The predicted octanol–water partition coefficient (Wildman–Crippen LogP) is 3.51. The van der Waals surface area contributed by atoms with Crippen molar-refractivity contribution in [3.05, 3.63) is 63.7 Å². The van der Waals surface area contributed by atoms with Gasteiger partial charge in [-0.05, 0) is 37.1 Å². The molecule has 0 saturated heterocycles. The van der Waals surface area contributed by atoms with Crippen molar-refractivity contribution in [3.8, 4) is 0 Å². The van der Waals surface area contributed by atoms with Gasteiger partial charge < -0.3 is 10.6 Å². The van der Waals surface area contributed by atoms with Crippen LogP contribution in [-0.2, 0) is 6.54 Å². The zero-order valence-electron chi connectivity index (χ0n) is 12.2. The summed E-state index contributed by atoms with van der Waals surface area (Å²) in [5, 5.41) is 10.8. The Balaban J connectivity index is 2.25. The van der Waals surface area contributed by atoms with Gasteiger partial charge in [-0.25, -0.2) is 0 Å². The average molecular weight is 285 g/mol. The second-order valence-electron chi connectivity index (χ2n) is 4.95. The number of para-hydroxylation sites is 1. The molecule has 21 heavy (non-hydrogen) atoms. The summed E-state index contributed by atoms with van der Waals surface area (Å²) >= 11 is 0. The first-order valence-electron chi connectivity index (χ1n) is 6.86. The Kier molecular flexibility index (Phi) is 4.42. The minimum Gasteiger partial charge on any atom is -0.393 e. The lowest BCUT2D eigenvalue weighted by Gasteiger charge is -2.25. The van der Waals surface area contributed by atoms with Crippen LogP contribution in [0.3, 0.4) is 0 Å². The lowest BCUT2D eigenvalue weighted by molar-refractivity contribution is -0.383.